The number of carbonyl (C=O) groups excluding carboxylic acids is 3. The molecule has 4 amide bonds. The second-order valence-electron chi connectivity index (χ2n) is 7.92. The van der Waals surface area contributed by atoms with Crippen molar-refractivity contribution in [1.82, 2.24) is 20.5 Å². The number of rotatable bonds is 2. The first-order chi connectivity index (χ1) is 13.0. The molecule has 27 heavy (non-hydrogen) atoms. The van der Waals surface area contributed by atoms with Crippen LogP contribution < -0.4 is 15.5 Å². The van der Waals surface area contributed by atoms with Crippen LogP contribution in [0.15, 0.2) is 18.3 Å². The zero-order valence-electron chi connectivity index (χ0n) is 15.5. The maximum absolute atomic E-state index is 13.1. The molecule has 0 aliphatic carbocycles. The van der Waals surface area contributed by atoms with Crippen molar-refractivity contribution in [3.8, 4) is 0 Å². The quantitative estimate of drug-likeness (QED) is 0.760. The fourth-order valence-electron chi connectivity index (χ4n) is 4.35. The van der Waals surface area contributed by atoms with E-state index in [4.69, 9.17) is 0 Å². The lowest BCUT2D eigenvalue weighted by atomic mass is 9.89. The maximum atomic E-state index is 13.1. The van der Waals surface area contributed by atoms with E-state index in [-0.39, 0.29) is 18.4 Å². The average molecular weight is 371 g/mol. The molecule has 0 bridgehead atoms. The Bertz CT molecular complexity index is 782. The fraction of sp³-hybridized carbons (Fsp3) is 0.579. The highest BCUT2D eigenvalue weighted by Crippen LogP contribution is 2.27. The molecular formula is C19H25N5O3. The highest BCUT2D eigenvalue weighted by atomic mass is 16.2. The number of imide groups is 1. The number of nitrogens with zero attached hydrogens (tertiary/aromatic N) is 3. The van der Waals surface area contributed by atoms with Gasteiger partial charge >= 0.3 is 6.03 Å². The zero-order chi connectivity index (χ0) is 19.0. The molecule has 1 aromatic rings. The number of likely N-dealkylation sites (tertiary alicyclic amines) is 1. The van der Waals surface area contributed by atoms with Crippen molar-refractivity contribution in [2.75, 3.05) is 31.1 Å². The van der Waals surface area contributed by atoms with Crippen molar-refractivity contribution in [2.45, 2.75) is 38.1 Å². The number of nitrogens with one attached hydrogen (secondary N) is 2. The second-order valence-corrected chi connectivity index (χ2v) is 7.92. The summed E-state index contributed by atoms with van der Waals surface area (Å²) in [7, 11) is 0. The Morgan fingerprint density at radius 3 is 2.89 bits per heavy atom. The molecule has 3 fully saturated rings. The molecule has 4 heterocycles. The number of hydrogen-bond donors (Lipinski definition) is 2. The molecule has 0 radical (unpaired) electrons. The standard InChI is InChI=1S/C19H25N5O3/c1-13-4-2-8-23(11-13)15-10-14(5-7-20-15)16(25)24-9-3-6-19(12-24)17(26)21-18(27)22-19/h5,7,10,13H,2-4,6,8-9,11-12H2,1H3,(H2,21,22,26,27). The van der Waals surface area contributed by atoms with Crippen molar-refractivity contribution >= 4 is 23.7 Å². The first kappa shape index (κ1) is 17.8. The minimum atomic E-state index is -0.997. The summed E-state index contributed by atoms with van der Waals surface area (Å²) >= 11 is 0. The van der Waals surface area contributed by atoms with Gasteiger partial charge < -0.3 is 15.1 Å². The van der Waals surface area contributed by atoms with Crippen LogP contribution in [-0.4, -0.2) is 59.4 Å². The number of hydrogen-bond acceptors (Lipinski definition) is 5. The van der Waals surface area contributed by atoms with Crippen molar-refractivity contribution in [3.63, 3.8) is 0 Å². The summed E-state index contributed by atoms with van der Waals surface area (Å²) in [6.45, 7) is 4.90. The Morgan fingerprint density at radius 1 is 1.30 bits per heavy atom. The van der Waals surface area contributed by atoms with Gasteiger partial charge in [-0.3, -0.25) is 14.9 Å². The van der Waals surface area contributed by atoms with Crippen LogP contribution in [0.5, 0.6) is 0 Å². The monoisotopic (exact) mass is 371 g/mol. The van der Waals surface area contributed by atoms with Gasteiger partial charge in [-0.05, 0) is 43.7 Å². The minimum Gasteiger partial charge on any atom is -0.356 e. The smallest absolute Gasteiger partial charge is 0.322 e. The van der Waals surface area contributed by atoms with E-state index in [2.05, 4.69) is 27.4 Å². The summed E-state index contributed by atoms with van der Waals surface area (Å²) in [6.07, 6.45) is 5.23. The number of urea groups is 1. The fourth-order valence-corrected chi connectivity index (χ4v) is 4.35. The number of piperidine rings is 2. The Labute approximate surface area is 158 Å². The summed E-state index contributed by atoms with van der Waals surface area (Å²) in [5.41, 5.74) is -0.427. The van der Waals surface area contributed by atoms with Crippen LogP contribution in [0.2, 0.25) is 0 Å². The van der Waals surface area contributed by atoms with Gasteiger partial charge in [0.2, 0.25) is 0 Å². The van der Waals surface area contributed by atoms with E-state index in [0.717, 1.165) is 25.3 Å². The predicted octanol–water partition coefficient (Wildman–Crippen LogP) is 1.13. The minimum absolute atomic E-state index is 0.128. The second kappa shape index (κ2) is 6.83. The molecule has 2 unspecified atom stereocenters. The van der Waals surface area contributed by atoms with Crippen LogP contribution in [0.3, 0.4) is 0 Å². The van der Waals surface area contributed by atoms with Gasteiger partial charge in [0.05, 0.1) is 6.54 Å². The SMILES string of the molecule is CC1CCCN(c2cc(C(=O)N3CCCC4(C3)NC(=O)NC4=O)ccn2)C1. The third-order valence-electron chi connectivity index (χ3n) is 5.77. The van der Waals surface area contributed by atoms with Gasteiger partial charge in [0.1, 0.15) is 11.4 Å². The van der Waals surface area contributed by atoms with Crippen molar-refractivity contribution in [2.24, 2.45) is 5.92 Å². The third-order valence-corrected chi connectivity index (χ3v) is 5.77. The zero-order valence-corrected chi connectivity index (χ0v) is 15.5. The number of aromatic nitrogens is 1. The van der Waals surface area contributed by atoms with Gasteiger partial charge in [-0.1, -0.05) is 6.92 Å². The topological polar surface area (TPSA) is 94.6 Å². The van der Waals surface area contributed by atoms with Crippen LogP contribution in [0.1, 0.15) is 43.0 Å². The first-order valence-electron chi connectivity index (χ1n) is 9.61. The Kier molecular flexibility index (Phi) is 4.49. The molecule has 2 atom stereocenters. The summed E-state index contributed by atoms with van der Waals surface area (Å²) < 4.78 is 0. The van der Waals surface area contributed by atoms with Crippen molar-refractivity contribution in [3.05, 3.63) is 23.9 Å². The lowest BCUT2D eigenvalue weighted by molar-refractivity contribution is -0.125. The van der Waals surface area contributed by atoms with Gasteiger partial charge in [0.25, 0.3) is 11.8 Å². The number of amides is 4. The van der Waals surface area contributed by atoms with Crippen LogP contribution >= 0.6 is 0 Å². The van der Waals surface area contributed by atoms with Gasteiger partial charge in [0.15, 0.2) is 0 Å². The molecule has 2 N–H and O–H groups in total. The molecule has 8 heteroatoms. The van der Waals surface area contributed by atoms with Gasteiger partial charge in [0, 0.05) is 31.4 Å². The molecule has 8 nitrogen and oxygen atoms in total. The Balaban J connectivity index is 1.52. The Morgan fingerprint density at radius 2 is 2.15 bits per heavy atom. The van der Waals surface area contributed by atoms with Gasteiger partial charge in [-0.25, -0.2) is 9.78 Å². The number of carbonyl (C=O) groups is 3. The van der Waals surface area contributed by atoms with Crippen LogP contribution in [0.4, 0.5) is 10.6 Å². The summed E-state index contributed by atoms with van der Waals surface area (Å²) in [6, 6.07) is 3.07. The number of anilines is 1. The van der Waals surface area contributed by atoms with Crippen LogP contribution in [0.25, 0.3) is 0 Å². The van der Waals surface area contributed by atoms with E-state index < -0.39 is 11.6 Å². The average Bonchev–Trinajstić information content (AvgIpc) is 2.93. The van der Waals surface area contributed by atoms with Crippen LogP contribution in [0, 0.1) is 5.92 Å². The summed E-state index contributed by atoms with van der Waals surface area (Å²) in [5, 5.41) is 5.00. The summed E-state index contributed by atoms with van der Waals surface area (Å²) in [5.74, 6) is 0.969. The van der Waals surface area contributed by atoms with E-state index in [1.165, 1.54) is 6.42 Å². The number of pyridine rings is 1. The van der Waals surface area contributed by atoms with Crippen LogP contribution in [-0.2, 0) is 4.79 Å². The summed E-state index contributed by atoms with van der Waals surface area (Å²) in [4.78, 5) is 45.2. The predicted molar refractivity (Wildman–Crippen MR) is 99.4 cm³/mol. The largest absolute Gasteiger partial charge is 0.356 e. The third kappa shape index (κ3) is 3.36. The molecule has 1 aromatic heterocycles. The molecule has 3 aliphatic rings. The highest BCUT2D eigenvalue weighted by molar-refractivity contribution is 6.07. The molecule has 4 rings (SSSR count). The van der Waals surface area contributed by atoms with Crippen molar-refractivity contribution < 1.29 is 14.4 Å². The van der Waals surface area contributed by atoms with E-state index in [0.29, 0.717) is 30.9 Å². The normalized spacial score (nSPS) is 28.3. The van der Waals surface area contributed by atoms with Gasteiger partial charge in [-0.15, -0.1) is 0 Å². The van der Waals surface area contributed by atoms with E-state index in [1.807, 2.05) is 6.07 Å². The first-order valence-corrected chi connectivity index (χ1v) is 9.61. The van der Waals surface area contributed by atoms with E-state index in [9.17, 15) is 14.4 Å². The lowest BCUT2D eigenvalue weighted by Gasteiger charge is -2.38. The molecule has 0 aromatic carbocycles. The Hall–Kier alpha value is -2.64. The van der Waals surface area contributed by atoms with Gasteiger partial charge in [-0.2, -0.15) is 0 Å². The highest BCUT2D eigenvalue weighted by Gasteiger charge is 2.49. The maximum Gasteiger partial charge on any atom is 0.322 e. The molecule has 144 valence electrons. The molecule has 1 spiro atoms. The van der Waals surface area contributed by atoms with E-state index in [1.54, 1.807) is 17.2 Å². The lowest BCUT2D eigenvalue weighted by Crippen LogP contribution is -2.59. The van der Waals surface area contributed by atoms with E-state index >= 15 is 0 Å². The molecule has 3 saturated heterocycles. The molecule has 3 aliphatic heterocycles. The van der Waals surface area contributed by atoms with Crippen molar-refractivity contribution in [1.29, 1.82) is 0 Å². The molecule has 0 saturated carbocycles. The molecular weight excluding hydrogens is 346 g/mol.